The van der Waals surface area contributed by atoms with E-state index in [1.165, 1.54) is 0 Å². The van der Waals surface area contributed by atoms with Gasteiger partial charge < -0.3 is 4.57 Å². The number of hydrogen-bond acceptors (Lipinski definition) is 3. The molecule has 3 heterocycles. The molecule has 1 aliphatic rings. The van der Waals surface area contributed by atoms with Gasteiger partial charge in [-0.1, -0.05) is 6.07 Å². The number of hydrogen-bond donors (Lipinski definition) is 0. The van der Waals surface area contributed by atoms with E-state index < -0.39 is 5.24 Å². The zero-order chi connectivity index (χ0) is 11.8. The van der Waals surface area contributed by atoms with Gasteiger partial charge in [0.25, 0.3) is 5.24 Å². The third kappa shape index (κ3) is 2.16. The second-order valence-electron chi connectivity index (χ2n) is 3.80. The molecule has 1 atom stereocenters. The lowest BCUT2D eigenvalue weighted by molar-refractivity contribution is 0.107. The molecule has 3 rings (SSSR count). The van der Waals surface area contributed by atoms with Crippen molar-refractivity contribution in [1.82, 2.24) is 9.55 Å². The summed E-state index contributed by atoms with van der Waals surface area (Å²) in [6.07, 6.45) is 3.57. The van der Waals surface area contributed by atoms with Crippen LogP contribution in [0.5, 0.6) is 0 Å². The van der Waals surface area contributed by atoms with E-state index in [0.29, 0.717) is 5.69 Å². The number of nitrogens with zero attached hydrogens (tertiary/aromatic N) is 2. The Bertz CT molecular complexity index is 571. The minimum absolute atomic E-state index is 0. The van der Waals surface area contributed by atoms with Crippen molar-refractivity contribution in [2.45, 2.75) is 11.1 Å². The average Bonchev–Trinajstić information content (AvgIpc) is 2.90. The lowest BCUT2D eigenvalue weighted by atomic mass is 10.2. The monoisotopic (exact) mass is 300 g/mol. The quantitative estimate of drug-likeness (QED) is 0.797. The van der Waals surface area contributed by atoms with Crippen LogP contribution >= 0.6 is 35.8 Å². The Kier molecular flexibility index (Phi) is 4.00. The molecular formula is C12H10Cl2N2OS. The van der Waals surface area contributed by atoms with Crippen molar-refractivity contribution in [3.8, 4) is 0 Å². The number of fused-ring (bicyclic) bond motifs is 1. The third-order valence-corrected chi connectivity index (χ3v) is 4.25. The van der Waals surface area contributed by atoms with Crippen molar-refractivity contribution in [3.63, 3.8) is 0 Å². The molecule has 0 saturated carbocycles. The third-order valence-electron chi connectivity index (χ3n) is 2.80. The van der Waals surface area contributed by atoms with E-state index in [1.54, 1.807) is 24.0 Å². The molecule has 1 aliphatic heterocycles. The highest BCUT2D eigenvalue weighted by Crippen LogP contribution is 2.41. The van der Waals surface area contributed by atoms with Crippen molar-refractivity contribution in [2.24, 2.45) is 0 Å². The summed E-state index contributed by atoms with van der Waals surface area (Å²) in [6.45, 7) is 0. The van der Waals surface area contributed by atoms with Gasteiger partial charge in [-0.2, -0.15) is 0 Å². The molecule has 3 nitrogen and oxygen atoms in total. The molecule has 0 N–H and O–H groups in total. The summed E-state index contributed by atoms with van der Waals surface area (Å²) in [5.41, 5.74) is 2.78. The van der Waals surface area contributed by atoms with Gasteiger partial charge in [0.05, 0.1) is 0 Å². The van der Waals surface area contributed by atoms with Crippen molar-refractivity contribution < 1.29 is 4.79 Å². The van der Waals surface area contributed by atoms with Crippen LogP contribution in [0.4, 0.5) is 0 Å². The Morgan fingerprint density at radius 3 is 2.94 bits per heavy atom. The van der Waals surface area contributed by atoms with E-state index in [2.05, 4.69) is 4.98 Å². The molecule has 0 bridgehead atoms. The van der Waals surface area contributed by atoms with E-state index in [9.17, 15) is 4.79 Å². The van der Waals surface area contributed by atoms with Crippen LogP contribution in [0.1, 0.15) is 27.1 Å². The van der Waals surface area contributed by atoms with Gasteiger partial charge in [0, 0.05) is 29.4 Å². The summed E-state index contributed by atoms with van der Waals surface area (Å²) >= 11 is 7.37. The fourth-order valence-electron chi connectivity index (χ4n) is 2.05. The number of thioether (sulfide) groups is 1. The first kappa shape index (κ1) is 13.5. The highest BCUT2D eigenvalue weighted by atomic mass is 35.5. The molecule has 18 heavy (non-hydrogen) atoms. The van der Waals surface area contributed by atoms with E-state index in [4.69, 9.17) is 11.6 Å². The summed E-state index contributed by atoms with van der Waals surface area (Å²) in [6, 6.07) is 7.66. The van der Waals surface area contributed by atoms with E-state index >= 15 is 0 Å². The Balaban J connectivity index is 0.00000120. The SMILES string of the molecule is Cl.O=C(Cl)c1ccc2n1C(c1cccnc1)SC2. The minimum atomic E-state index is -0.410. The Morgan fingerprint density at radius 2 is 2.28 bits per heavy atom. The van der Waals surface area contributed by atoms with E-state index in [-0.39, 0.29) is 17.8 Å². The number of carbonyl (C=O) groups excluding carboxylic acids is 1. The van der Waals surface area contributed by atoms with E-state index in [1.807, 2.05) is 29.0 Å². The Hall–Kier alpha value is -0.970. The summed E-state index contributed by atoms with van der Waals surface area (Å²) in [4.78, 5) is 15.5. The summed E-state index contributed by atoms with van der Waals surface area (Å²) < 4.78 is 2.00. The first-order chi connectivity index (χ1) is 8.27. The highest BCUT2D eigenvalue weighted by Gasteiger charge is 2.28. The first-order valence-electron chi connectivity index (χ1n) is 5.19. The number of rotatable bonds is 2. The number of carbonyl (C=O) groups is 1. The topological polar surface area (TPSA) is 34.9 Å². The highest BCUT2D eigenvalue weighted by molar-refractivity contribution is 7.99. The lowest BCUT2D eigenvalue weighted by Crippen LogP contribution is -2.09. The van der Waals surface area contributed by atoms with E-state index in [0.717, 1.165) is 17.0 Å². The van der Waals surface area contributed by atoms with Gasteiger partial charge >= 0.3 is 0 Å². The van der Waals surface area contributed by atoms with Crippen molar-refractivity contribution in [3.05, 3.63) is 53.6 Å². The minimum Gasteiger partial charge on any atom is -0.324 e. The molecule has 0 radical (unpaired) electrons. The number of halogens is 2. The van der Waals surface area contributed by atoms with Gasteiger partial charge in [-0.25, -0.2) is 0 Å². The molecule has 0 saturated heterocycles. The smallest absolute Gasteiger partial charge is 0.268 e. The Morgan fingerprint density at radius 1 is 1.44 bits per heavy atom. The van der Waals surface area contributed by atoms with Gasteiger partial charge in [0.2, 0.25) is 0 Å². The van der Waals surface area contributed by atoms with Crippen LogP contribution in [0.3, 0.4) is 0 Å². The van der Waals surface area contributed by atoms with Gasteiger partial charge in [-0.3, -0.25) is 9.78 Å². The van der Waals surface area contributed by atoms with Crippen molar-refractivity contribution in [1.29, 1.82) is 0 Å². The fraction of sp³-hybridized carbons (Fsp3) is 0.167. The normalized spacial score (nSPS) is 17.1. The maximum absolute atomic E-state index is 11.4. The maximum Gasteiger partial charge on any atom is 0.268 e. The van der Waals surface area contributed by atoms with Crippen LogP contribution in [-0.4, -0.2) is 14.8 Å². The molecule has 2 aromatic rings. The summed E-state index contributed by atoms with van der Waals surface area (Å²) in [7, 11) is 0. The summed E-state index contributed by atoms with van der Waals surface area (Å²) in [5.74, 6) is 0.893. The molecular weight excluding hydrogens is 291 g/mol. The Labute approximate surface area is 120 Å². The van der Waals surface area contributed by atoms with Crippen LogP contribution in [0, 0.1) is 0 Å². The second-order valence-corrected chi connectivity index (χ2v) is 5.22. The largest absolute Gasteiger partial charge is 0.324 e. The van der Waals surface area contributed by atoms with Crippen LogP contribution in [0.15, 0.2) is 36.7 Å². The van der Waals surface area contributed by atoms with Crippen LogP contribution in [0.2, 0.25) is 0 Å². The van der Waals surface area contributed by atoms with Crippen molar-refractivity contribution >= 4 is 41.0 Å². The van der Waals surface area contributed by atoms with Crippen LogP contribution in [0.25, 0.3) is 0 Å². The lowest BCUT2D eigenvalue weighted by Gasteiger charge is -2.14. The van der Waals surface area contributed by atoms with Crippen molar-refractivity contribution in [2.75, 3.05) is 0 Å². The van der Waals surface area contributed by atoms with Gasteiger partial charge in [-0.15, -0.1) is 24.2 Å². The fourth-order valence-corrected chi connectivity index (χ4v) is 3.50. The second kappa shape index (κ2) is 5.34. The molecule has 2 aromatic heterocycles. The first-order valence-corrected chi connectivity index (χ1v) is 6.61. The van der Waals surface area contributed by atoms with Gasteiger partial charge in [-0.05, 0) is 29.8 Å². The van der Waals surface area contributed by atoms with Gasteiger partial charge in [0.15, 0.2) is 0 Å². The average molecular weight is 301 g/mol. The number of aromatic nitrogens is 2. The zero-order valence-corrected chi connectivity index (χ0v) is 11.6. The molecule has 0 aliphatic carbocycles. The molecule has 0 spiro atoms. The molecule has 0 fully saturated rings. The number of pyridine rings is 1. The summed E-state index contributed by atoms with van der Waals surface area (Å²) in [5, 5.41) is -0.306. The predicted molar refractivity (Wildman–Crippen MR) is 75.5 cm³/mol. The molecule has 0 aromatic carbocycles. The standard InChI is InChI=1S/C12H9ClN2OS.ClH/c13-11(16)10-4-3-9-7-17-12(15(9)10)8-2-1-5-14-6-8;/h1-6,12H,7H2;1H. The maximum atomic E-state index is 11.4. The molecule has 94 valence electrons. The molecule has 0 amide bonds. The van der Waals surface area contributed by atoms with Crippen LogP contribution in [-0.2, 0) is 5.75 Å². The van der Waals surface area contributed by atoms with Crippen LogP contribution < -0.4 is 0 Å². The molecule has 1 unspecified atom stereocenters. The predicted octanol–water partition coefficient (Wildman–Crippen LogP) is 3.48. The van der Waals surface area contributed by atoms with Gasteiger partial charge in [0.1, 0.15) is 11.1 Å². The zero-order valence-electron chi connectivity index (χ0n) is 9.25. The molecule has 6 heteroatoms.